The smallest absolute Gasteiger partial charge is 0.256 e. The second-order valence-corrected chi connectivity index (χ2v) is 5.74. The molecule has 24 heavy (non-hydrogen) atoms. The number of benzene rings is 1. The molecule has 0 unspecified atom stereocenters. The van der Waals surface area contributed by atoms with E-state index >= 15 is 0 Å². The number of rotatable bonds is 3. The summed E-state index contributed by atoms with van der Waals surface area (Å²) in [6.07, 6.45) is 2.88. The number of hydrogen-bond acceptors (Lipinski definition) is 5. The molecule has 0 spiro atoms. The Bertz CT molecular complexity index is 877. The van der Waals surface area contributed by atoms with Gasteiger partial charge >= 0.3 is 0 Å². The first-order valence-electron chi connectivity index (χ1n) is 7.47. The second kappa shape index (κ2) is 5.68. The molecule has 1 amide bonds. The lowest BCUT2D eigenvalue weighted by atomic mass is 10.0. The van der Waals surface area contributed by atoms with E-state index in [1.807, 2.05) is 0 Å². The topological polar surface area (TPSA) is 99.8 Å². The van der Waals surface area contributed by atoms with E-state index in [-0.39, 0.29) is 23.5 Å². The van der Waals surface area contributed by atoms with Gasteiger partial charge < -0.3 is 14.6 Å². The van der Waals surface area contributed by atoms with E-state index < -0.39 is 5.82 Å². The van der Waals surface area contributed by atoms with Crippen LogP contribution in [0.2, 0.25) is 0 Å². The van der Waals surface area contributed by atoms with Crippen LogP contribution in [0.4, 0.5) is 4.39 Å². The molecule has 2 aromatic heterocycles. The molecule has 4 rings (SSSR count). The van der Waals surface area contributed by atoms with E-state index in [2.05, 4.69) is 25.4 Å². The fourth-order valence-electron chi connectivity index (χ4n) is 3.20. The summed E-state index contributed by atoms with van der Waals surface area (Å²) < 4.78 is 19.3. The van der Waals surface area contributed by atoms with Crippen molar-refractivity contribution in [2.45, 2.75) is 12.0 Å². The number of amides is 1. The summed E-state index contributed by atoms with van der Waals surface area (Å²) in [5, 5.41) is 10.5. The number of fused-ring (bicyclic) bond motifs is 1. The van der Waals surface area contributed by atoms with Gasteiger partial charge in [0.1, 0.15) is 11.3 Å². The number of ether oxygens (including phenoxy) is 1. The van der Waals surface area contributed by atoms with Crippen molar-refractivity contribution in [1.82, 2.24) is 30.3 Å². The summed E-state index contributed by atoms with van der Waals surface area (Å²) in [5.74, 6) is -0.841. The number of halogens is 1. The van der Waals surface area contributed by atoms with E-state index in [1.165, 1.54) is 18.5 Å². The summed E-state index contributed by atoms with van der Waals surface area (Å²) in [7, 11) is 1.60. The number of carbonyl (C=O) groups excluding carboxylic acids is 1. The fourth-order valence-corrected chi connectivity index (χ4v) is 3.20. The predicted octanol–water partition coefficient (Wildman–Crippen LogP) is 1.07. The molecule has 1 fully saturated rings. The molecule has 1 saturated heterocycles. The van der Waals surface area contributed by atoms with Crippen LogP contribution in [-0.4, -0.2) is 62.5 Å². The van der Waals surface area contributed by atoms with Gasteiger partial charge in [-0.15, -0.1) is 0 Å². The van der Waals surface area contributed by atoms with Crippen LogP contribution in [0.1, 0.15) is 22.0 Å². The molecule has 1 aliphatic heterocycles. The maximum atomic E-state index is 13.8. The fraction of sp³-hybridized carbons (Fsp3) is 0.333. The third kappa shape index (κ3) is 2.33. The number of likely N-dealkylation sites (tertiary alicyclic amines) is 1. The third-order valence-electron chi connectivity index (χ3n) is 4.39. The molecule has 3 aromatic rings. The van der Waals surface area contributed by atoms with Crippen molar-refractivity contribution < 1.29 is 13.9 Å². The highest BCUT2D eigenvalue weighted by Gasteiger charge is 2.38. The van der Waals surface area contributed by atoms with Crippen molar-refractivity contribution in [2.24, 2.45) is 0 Å². The molecule has 124 valence electrons. The van der Waals surface area contributed by atoms with Gasteiger partial charge in [0.25, 0.3) is 5.91 Å². The number of imidazole rings is 1. The number of nitrogens with zero attached hydrogens (tertiary/aromatic N) is 4. The number of H-pyrrole nitrogens is 2. The van der Waals surface area contributed by atoms with Crippen LogP contribution in [0.3, 0.4) is 0 Å². The van der Waals surface area contributed by atoms with Crippen molar-refractivity contribution in [3.05, 3.63) is 41.7 Å². The molecule has 2 atom stereocenters. The maximum absolute atomic E-state index is 13.8. The Balaban J connectivity index is 1.66. The van der Waals surface area contributed by atoms with E-state index in [1.54, 1.807) is 18.2 Å². The van der Waals surface area contributed by atoms with E-state index in [9.17, 15) is 9.18 Å². The van der Waals surface area contributed by atoms with Gasteiger partial charge in [-0.1, -0.05) is 0 Å². The van der Waals surface area contributed by atoms with Crippen molar-refractivity contribution in [2.75, 3.05) is 20.2 Å². The molecule has 0 bridgehead atoms. The number of aromatic amines is 2. The van der Waals surface area contributed by atoms with Gasteiger partial charge in [0.15, 0.2) is 0 Å². The third-order valence-corrected chi connectivity index (χ3v) is 4.39. The zero-order chi connectivity index (χ0) is 16.7. The van der Waals surface area contributed by atoms with Crippen LogP contribution >= 0.6 is 0 Å². The minimum atomic E-state index is -0.481. The minimum Gasteiger partial charge on any atom is -0.379 e. The SMILES string of the molecule is CO[C@@H]1CN(C(=O)c2cc(F)cc3[nH]cnc23)C[C@H]1c1cn[nH]n1. The highest BCUT2D eigenvalue weighted by atomic mass is 19.1. The minimum absolute atomic E-state index is 0.0825. The summed E-state index contributed by atoms with van der Waals surface area (Å²) in [4.78, 5) is 21.5. The number of nitrogens with one attached hydrogen (secondary N) is 2. The Labute approximate surface area is 136 Å². The lowest BCUT2D eigenvalue weighted by Gasteiger charge is -2.16. The van der Waals surface area contributed by atoms with Crippen LogP contribution in [0, 0.1) is 5.82 Å². The molecule has 0 saturated carbocycles. The standard InChI is InChI=1S/C15H15FN6O2/c1-24-13-6-22(5-10(13)12-4-19-21-20-12)15(23)9-2-8(16)3-11-14(9)18-7-17-11/h2-4,7,10,13H,5-6H2,1H3,(H,17,18)(H,19,20,21)/t10-,13+/m0/s1. The molecule has 9 heteroatoms. The zero-order valence-electron chi connectivity index (χ0n) is 12.9. The quantitative estimate of drug-likeness (QED) is 0.748. The highest BCUT2D eigenvalue weighted by Crippen LogP contribution is 2.30. The van der Waals surface area contributed by atoms with Gasteiger partial charge in [0.05, 0.1) is 41.3 Å². The zero-order valence-corrected chi connectivity index (χ0v) is 12.9. The first-order chi connectivity index (χ1) is 11.7. The van der Waals surface area contributed by atoms with Crippen LogP contribution in [-0.2, 0) is 4.74 Å². The Hall–Kier alpha value is -2.81. The van der Waals surface area contributed by atoms with Crippen LogP contribution in [0.15, 0.2) is 24.7 Å². The Morgan fingerprint density at radius 1 is 1.42 bits per heavy atom. The van der Waals surface area contributed by atoms with E-state index in [4.69, 9.17) is 4.74 Å². The highest BCUT2D eigenvalue weighted by molar-refractivity contribution is 6.05. The van der Waals surface area contributed by atoms with E-state index in [0.717, 1.165) is 5.69 Å². The average Bonchev–Trinajstić information content (AvgIpc) is 3.31. The van der Waals surface area contributed by atoms with Gasteiger partial charge in [-0.05, 0) is 12.1 Å². The molecule has 1 aliphatic rings. The largest absolute Gasteiger partial charge is 0.379 e. The van der Waals surface area contributed by atoms with Gasteiger partial charge in [-0.2, -0.15) is 15.4 Å². The molecule has 3 heterocycles. The van der Waals surface area contributed by atoms with Crippen molar-refractivity contribution in [1.29, 1.82) is 0 Å². The molecule has 0 radical (unpaired) electrons. The van der Waals surface area contributed by atoms with Crippen LogP contribution in [0.5, 0.6) is 0 Å². The molecule has 2 N–H and O–H groups in total. The van der Waals surface area contributed by atoms with Gasteiger partial charge in [-0.25, -0.2) is 9.37 Å². The van der Waals surface area contributed by atoms with Gasteiger partial charge in [-0.3, -0.25) is 4.79 Å². The Morgan fingerprint density at radius 3 is 3.04 bits per heavy atom. The van der Waals surface area contributed by atoms with Crippen molar-refractivity contribution in [3.8, 4) is 0 Å². The van der Waals surface area contributed by atoms with Gasteiger partial charge in [0, 0.05) is 20.2 Å². The van der Waals surface area contributed by atoms with Crippen LogP contribution < -0.4 is 0 Å². The first-order valence-corrected chi connectivity index (χ1v) is 7.47. The molecule has 8 nitrogen and oxygen atoms in total. The average molecular weight is 330 g/mol. The number of methoxy groups -OCH3 is 1. The summed E-state index contributed by atoms with van der Waals surface area (Å²) >= 11 is 0. The van der Waals surface area contributed by atoms with Crippen molar-refractivity contribution in [3.63, 3.8) is 0 Å². The van der Waals surface area contributed by atoms with E-state index in [0.29, 0.717) is 24.1 Å². The summed E-state index contributed by atoms with van der Waals surface area (Å²) in [5.41, 5.74) is 1.93. The normalized spacial score (nSPS) is 20.8. The lowest BCUT2D eigenvalue weighted by Crippen LogP contribution is -2.30. The number of hydrogen-bond donors (Lipinski definition) is 2. The van der Waals surface area contributed by atoms with Crippen molar-refractivity contribution >= 4 is 16.9 Å². The molecule has 1 aromatic carbocycles. The second-order valence-electron chi connectivity index (χ2n) is 5.74. The van der Waals surface area contributed by atoms with Gasteiger partial charge in [0.2, 0.25) is 0 Å². The number of carbonyl (C=O) groups is 1. The lowest BCUT2D eigenvalue weighted by molar-refractivity contribution is 0.0715. The molecular formula is C15H15FN6O2. The maximum Gasteiger partial charge on any atom is 0.256 e. The molecular weight excluding hydrogens is 315 g/mol. The Kier molecular flexibility index (Phi) is 3.49. The summed E-state index contributed by atoms with van der Waals surface area (Å²) in [6.45, 7) is 0.821. The summed E-state index contributed by atoms with van der Waals surface area (Å²) in [6, 6.07) is 2.54. The van der Waals surface area contributed by atoms with Crippen LogP contribution in [0.25, 0.3) is 11.0 Å². The first kappa shape index (κ1) is 14.8. The number of aromatic nitrogens is 5. The molecule has 0 aliphatic carbocycles. The monoisotopic (exact) mass is 330 g/mol. The predicted molar refractivity (Wildman–Crippen MR) is 81.9 cm³/mol. The Morgan fingerprint density at radius 2 is 2.29 bits per heavy atom.